The third-order valence-corrected chi connectivity index (χ3v) is 3.94. The van der Waals surface area contributed by atoms with Crippen molar-refractivity contribution in [1.82, 2.24) is 0 Å². The number of benzene rings is 2. The van der Waals surface area contributed by atoms with Gasteiger partial charge < -0.3 is 14.8 Å². The van der Waals surface area contributed by atoms with E-state index in [0.29, 0.717) is 5.75 Å². The fourth-order valence-corrected chi connectivity index (χ4v) is 2.34. The Morgan fingerprint density at radius 3 is 2.52 bits per heavy atom. The molecule has 132 valence electrons. The van der Waals surface area contributed by atoms with Crippen molar-refractivity contribution in [3.63, 3.8) is 0 Å². The van der Waals surface area contributed by atoms with Gasteiger partial charge in [-0.05, 0) is 49.1 Å². The van der Waals surface area contributed by atoms with Crippen LogP contribution in [-0.4, -0.2) is 25.1 Å². The van der Waals surface area contributed by atoms with Crippen LogP contribution in [0, 0.1) is 13.8 Å². The van der Waals surface area contributed by atoms with E-state index in [4.69, 9.17) is 9.47 Å². The second kappa shape index (κ2) is 8.87. The van der Waals surface area contributed by atoms with Crippen molar-refractivity contribution in [3.8, 4) is 5.75 Å². The highest BCUT2D eigenvalue weighted by atomic mass is 16.6. The summed E-state index contributed by atoms with van der Waals surface area (Å²) in [7, 11) is 0. The van der Waals surface area contributed by atoms with Crippen molar-refractivity contribution in [3.05, 3.63) is 59.2 Å². The smallest absolute Gasteiger partial charge is 0.344 e. The van der Waals surface area contributed by atoms with E-state index in [-0.39, 0.29) is 19.1 Å². The SMILES string of the molecule is CCc1ccccc1NC(=O)COC(=O)COc1cccc(C)c1C. The Balaban J connectivity index is 1.79. The van der Waals surface area contributed by atoms with E-state index in [1.54, 1.807) is 6.07 Å². The largest absolute Gasteiger partial charge is 0.482 e. The molecule has 0 aromatic heterocycles. The van der Waals surface area contributed by atoms with Crippen molar-refractivity contribution < 1.29 is 19.1 Å². The standard InChI is InChI=1S/C20H23NO4/c1-4-16-9-5-6-10-17(16)21-19(22)12-25-20(23)13-24-18-11-7-8-14(2)15(18)3/h5-11H,4,12-13H2,1-3H3,(H,21,22). The van der Waals surface area contributed by atoms with Gasteiger partial charge in [-0.3, -0.25) is 4.79 Å². The quantitative estimate of drug-likeness (QED) is 0.784. The number of amides is 1. The van der Waals surface area contributed by atoms with E-state index in [2.05, 4.69) is 5.32 Å². The molecule has 1 N–H and O–H groups in total. The normalized spacial score (nSPS) is 10.2. The highest BCUT2D eigenvalue weighted by Crippen LogP contribution is 2.20. The zero-order chi connectivity index (χ0) is 18.2. The van der Waals surface area contributed by atoms with Gasteiger partial charge in [-0.25, -0.2) is 4.79 Å². The number of para-hydroxylation sites is 1. The molecule has 0 atom stereocenters. The number of hydrogen-bond donors (Lipinski definition) is 1. The maximum Gasteiger partial charge on any atom is 0.344 e. The van der Waals surface area contributed by atoms with Crippen LogP contribution in [0.3, 0.4) is 0 Å². The van der Waals surface area contributed by atoms with E-state index >= 15 is 0 Å². The van der Waals surface area contributed by atoms with Crippen LogP contribution in [0.15, 0.2) is 42.5 Å². The summed E-state index contributed by atoms with van der Waals surface area (Å²) in [4.78, 5) is 23.7. The van der Waals surface area contributed by atoms with Gasteiger partial charge in [0.25, 0.3) is 5.91 Å². The number of esters is 1. The first-order valence-corrected chi connectivity index (χ1v) is 8.23. The zero-order valence-electron chi connectivity index (χ0n) is 14.8. The molecule has 25 heavy (non-hydrogen) atoms. The molecule has 0 unspecified atom stereocenters. The van der Waals surface area contributed by atoms with Gasteiger partial charge in [0, 0.05) is 5.69 Å². The van der Waals surface area contributed by atoms with Crippen LogP contribution < -0.4 is 10.1 Å². The number of aryl methyl sites for hydroxylation is 2. The predicted octanol–water partition coefficient (Wildman–Crippen LogP) is 3.43. The average Bonchev–Trinajstić information content (AvgIpc) is 2.61. The van der Waals surface area contributed by atoms with Gasteiger partial charge in [-0.1, -0.05) is 37.3 Å². The Bertz CT molecular complexity index is 755. The fourth-order valence-electron chi connectivity index (χ4n) is 2.34. The van der Waals surface area contributed by atoms with Crippen LogP contribution in [0.4, 0.5) is 5.69 Å². The summed E-state index contributed by atoms with van der Waals surface area (Å²) in [6.45, 7) is 5.33. The summed E-state index contributed by atoms with van der Waals surface area (Å²) in [6, 6.07) is 13.2. The maximum atomic E-state index is 11.9. The predicted molar refractivity (Wildman–Crippen MR) is 96.8 cm³/mol. The number of anilines is 1. The van der Waals surface area contributed by atoms with E-state index in [0.717, 1.165) is 28.8 Å². The van der Waals surface area contributed by atoms with Gasteiger partial charge >= 0.3 is 5.97 Å². The minimum Gasteiger partial charge on any atom is -0.482 e. The average molecular weight is 341 g/mol. The van der Waals surface area contributed by atoms with Crippen LogP contribution in [0.1, 0.15) is 23.6 Å². The second-order valence-electron chi connectivity index (χ2n) is 5.71. The van der Waals surface area contributed by atoms with Crippen molar-refractivity contribution in [2.24, 2.45) is 0 Å². The van der Waals surface area contributed by atoms with Crippen LogP contribution in [0.5, 0.6) is 5.75 Å². The van der Waals surface area contributed by atoms with E-state index in [1.807, 2.05) is 57.2 Å². The minimum atomic E-state index is -0.583. The number of carbonyl (C=O) groups is 2. The Kier molecular flexibility index (Phi) is 6.57. The summed E-state index contributed by atoms with van der Waals surface area (Å²) in [6.07, 6.45) is 0.805. The molecule has 2 aromatic rings. The monoisotopic (exact) mass is 341 g/mol. The van der Waals surface area contributed by atoms with Gasteiger partial charge in [0.15, 0.2) is 13.2 Å². The Labute approximate surface area is 148 Å². The molecule has 0 saturated carbocycles. The summed E-state index contributed by atoms with van der Waals surface area (Å²) in [5, 5.41) is 2.75. The first kappa shape index (κ1) is 18.5. The highest BCUT2D eigenvalue weighted by Gasteiger charge is 2.11. The van der Waals surface area contributed by atoms with Crippen molar-refractivity contribution in [1.29, 1.82) is 0 Å². The molecule has 2 rings (SSSR count). The van der Waals surface area contributed by atoms with Gasteiger partial charge in [0.2, 0.25) is 0 Å². The lowest BCUT2D eigenvalue weighted by molar-refractivity contribution is -0.149. The Morgan fingerprint density at radius 1 is 1.00 bits per heavy atom. The summed E-state index contributed by atoms with van der Waals surface area (Å²) < 4.78 is 10.4. The van der Waals surface area contributed by atoms with E-state index in [9.17, 15) is 9.59 Å². The molecule has 2 aromatic carbocycles. The molecule has 0 aliphatic carbocycles. The number of hydrogen-bond acceptors (Lipinski definition) is 4. The van der Waals surface area contributed by atoms with Gasteiger partial charge in [0.1, 0.15) is 5.75 Å². The van der Waals surface area contributed by atoms with Crippen LogP contribution in [-0.2, 0) is 20.7 Å². The molecular formula is C20H23NO4. The third kappa shape index (κ3) is 5.35. The topological polar surface area (TPSA) is 64.6 Å². The highest BCUT2D eigenvalue weighted by molar-refractivity contribution is 5.93. The molecule has 0 spiro atoms. The molecule has 0 aliphatic heterocycles. The molecule has 5 heteroatoms. The molecule has 1 amide bonds. The molecule has 0 radical (unpaired) electrons. The maximum absolute atomic E-state index is 11.9. The molecule has 0 saturated heterocycles. The lowest BCUT2D eigenvalue weighted by Crippen LogP contribution is -2.24. The lowest BCUT2D eigenvalue weighted by atomic mass is 10.1. The molecule has 0 fully saturated rings. The van der Waals surface area contributed by atoms with Gasteiger partial charge in [-0.15, -0.1) is 0 Å². The van der Waals surface area contributed by atoms with Crippen LogP contribution in [0.25, 0.3) is 0 Å². The first-order valence-electron chi connectivity index (χ1n) is 8.23. The fraction of sp³-hybridized carbons (Fsp3) is 0.300. The second-order valence-corrected chi connectivity index (χ2v) is 5.71. The molecule has 0 heterocycles. The van der Waals surface area contributed by atoms with Crippen molar-refractivity contribution in [2.75, 3.05) is 18.5 Å². The number of ether oxygens (including phenoxy) is 2. The van der Waals surface area contributed by atoms with Gasteiger partial charge in [0.05, 0.1) is 0 Å². The molecular weight excluding hydrogens is 318 g/mol. The third-order valence-electron chi connectivity index (χ3n) is 3.94. The van der Waals surface area contributed by atoms with E-state index in [1.165, 1.54) is 0 Å². The van der Waals surface area contributed by atoms with E-state index < -0.39 is 5.97 Å². The lowest BCUT2D eigenvalue weighted by Gasteiger charge is -2.11. The molecule has 5 nitrogen and oxygen atoms in total. The van der Waals surface area contributed by atoms with Crippen LogP contribution in [0.2, 0.25) is 0 Å². The number of carbonyl (C=O) groups excluding carboxylic acids is 2. The minimum absolute atomic E-state index is 0.233. The van der Waals surface area contributed by atoms with Crippen molar-refractivity contribution in [2.45, 2.75) is 27.2 Å². The Morgan fingerprint density at radius 2 is 1.76 bits per heavy atom. The summed E-state index contributed by atoms with van der Waals surface area (Å²) >= 11 is 0. The van der Waals surface area contributed by atoms with Crippen LogP contribution >= 0.6 is 0 Å². The number of nitrogens with one attached hydrogen (secondary N) is 1. The Hall–Kier alpha value is -2.82. The van der Waals surface area contributed by atoms with Crippen molar-refractivity contribution >= 4 is 17.6 Å². The van der Waals surface area contributed by atoms with Gasteiger partial charge in [-0.2, -0.15) is 0 Å². The molecule has 0 aliphatic rings. The summed E-state index contributed by atoms with van der Waals surface area (Å²) in [5.41, 5.74) is 3.82. The summed E-state index contributed by atoms with van der Waals surface area (Å²) in [5.74, 6) is -0.320. The number of rotatable bonds is 7. The first-order chi connectivity index (χ1) is 12.0. The zero-order valence-corrected chi connectivity index (χ0v) is 14.8. The molecule has 0 bridgehead atoms.